The summed E-state index contributed by atoms with van der Waals surface area (Å²) in [7, 11) is 0. The van der Waals surface area contributed by atoms with E-state index in [1.165, 1.54) is 16.7 Å². The molecule has 110 valence electrons. The molecule has 0 spiro atoms. The quantitative estimate of drug-likeness (QED) is 0.921. The maximum absolute atomic E-state index is 12.6. The van der Waals surface area contributed by atoms with Crippen LogP contribution in [0.4, 0.5) is 0 Å². The smallest absolute Gasteiger partial charge is 0.227 e. The Hall–Kier alpha value is -1.35. The molecular formula is C17H26N2O. The van der Waals surface area contributed by atoms with Gasteiger partial charge in [0.25, 0.3) is 0 Å². The normalized spacial score (nSPS) is 21.9. The Balaban J connectivity index is 2.27. The zero-order chi connectivity index (χ0) is 14.9. The van der Waals surface area contributed by atoms with Gasteiger partial charge in [-0.25, -0.2) is 0 Å². The van der Waals surface area contributed by atoms with Gasteiger partial charge < -0.3 is 10.6 Å². The lowest BCUT2D eigenvalue weighted by Gasteiger charge is -2.30. The number of amides is 1. The minimum atomic E-state index is -0.110. The predicted octanol–water partition coefficient (Wildman–Crippen LogP) is 2.95. The van der Waals surface area contributed by atoms with E-state index in [4.69, 9.17) is 5.73 Å². The first kappa shape index (κ1) is 15.0. The number of rotatable bonds is 3. The third-order valence-electron chi connectivity index (χ3n) is 4.72. The number of likely N-dealkylation sites (tertiary alicyclic amines) is 1. The van der Waals surface area contributed by atoms with Crippen LogP contribution in [0.5, 0.6) is 0 Å². The van der Waals surface area contributed by atoms with Crippen LogP contribution in [0.15, 0.2) is 18.2 Å². The van der Waals surface area contributed by atoms with Gasteiger partial charge in [0.05, 0.1) is 12.0 Å². The number of nitrogens with zero attached hydrogens (tertiary/aromatic N) is 1. The average Bonchev–Trinajstić information content (AvgIpc) is 2.89. The Bertz CT molecular complexity index is 496. The maximum atomic E-state index is 12.6. The van der Waals surface area contributed by atoms with Gasteiger partial charge in [0.15, 0.2) is 0 Å². The molecule has 1 heterocycles. The van der Waals surface area contributed by atoms with Gasteiger partial charge in [-0.15, -0.1) is 0 Å². The predicted molar refractivity (Wildman–Crippen MR) is 82.4 cm³/mol. The summed E-state index contributed by atoms with van der Waals surface area (Å²) in [6, 6.07) is 6.51. The number of carbonyl (C=O) groups excluding carboxylic acids is 1. The zero-order valence-electron chi connectivity index (χ0n) is 13.0. The minimum Gasteiger partial charge on any atom is -0.335 e. The van der Waals surface area contributed by atoms with Crippen molar-refractivity contribution in [3.63, 3.8) is 0 Å². The van der Waals surface area contributed by atoms with Crippen LogP contribution < -0.4 is 5.73 Å². The maximum Gasteiger partial charge on any atom is 0.227 e. The summed E-state index contributed by atoms with van der Waals surface area (Å²) in [5.74, 6) is 0.0871. The lowest BCUT2D eigenvalue weighted by molar-refractivity contribution is -0.136. The molecule has 2 N–H and O–H groups in total. The van der Waals surface area contributed by atoms with Crippen molar-refractivity contribution in [2.75, 3.05) is 6.54 Å². The third kappa shape index (κ3) is 2.73. The molecule has 0 saturated carbocycles. The van der Waals surface area contributed by atoms with E-state index in [9.17, 15) is 4.79 Å². The van der Waals surface area contributed by atoms with Gasteiger partial charge in [-0.2, -0.15) is 0 Å². The molecule has 0 bridgehead atoms. The molecule has 0 aliphatic carbocycles. The lowest BCUT2D eigenvalue weighted by atomic mass is 9.95. The molecule has 3 nitrogen and oxygen atoms in total. The Morgan fingerprint density at radius 1 is 1.35 bits per heavy atom. The SMILES string of the molecule is Cc1cccc(C2CCCN2C(=O)C(C)C(C)N)c1C. The van der Waals surface area contributed by atoms with Gasteiger partial charge in [-0.1, -0.05) is 25.1 Å². The highest BCUT2D eigenvalue weighted by Gasteiger charge is 2.34. The second-order valence-corrected chi connectivity index (χ2v) is 6.13. The van der Waals surface area contributed by atoms with Gasteiger partial charge in [-0.3, -0.25) is 4.79 Å². The summed E-state index contributed by atoms with van der Waals surface area (Å²) in [4.78, 5) is 14.7. The summed E-state index contributed by atoms with van der Waals surface area (Å²) in [6.07, 6.45) is 2.14. The van der Waals surface area contributed by atoms with E-state index in [0.717, 1.165) is 19.4 Å². The van der Waals surface area contributed by atoms with E-state index < -0.39 is 0 Å². The molecule has 0 radical (unpaired) electrons. The van der Waals surface area contributed by atoms with Gasteiger partial charge in [0, 0.05) is 12.6 Å². The van der Waals surface area contributed by atoms with Crippen molar-refractivity contribution >= 4 is 5.91 Å². The van der Waals surface area contributed by atoms with Crippen LogP contribution in [0.1, 0.15) is 49.4 Å². The summed E-state index contributed by atoms with van der Waals surface area (Å²) in [6.45, 7) is 8.98. The standard InChI is InChI=1S/C17H26N2O/c1-11-7-5-8-15(12(11)2)16-9-6-10-19(16)17(20)13(3)14(4)18/h5,7-8,13-14,16H,6,9-10,18H2,1-4H3. The van der Waals surface area contributed by atoms with E-state index in [0.29, 0.717) is 0 Å². The molecule has 2 rings (SSSR count). The second kappa shape index (κ2) is 5.96. The highest BCUT2D eigenvalue weighted by Crippen LogP contribution is 2.35. The van der Waals surface area contributed by atoms with Gasteiger partial charge >= 0.3 is 0 Å². The lowest BCUT2D eigenvalue weighted by Crippen LogP contribution is -2.41. The molecule has 1 aromatic carbocycles. The fourth-order valence-electron chi connectivity index (χ4n) is 2.98. The molecule has 1 fully saturated rings. The highest BCUT2D eigenvalue weighted by molar-refractivity contribution is 5.80. The molecule has 3 heteroatoms. The van der Waals surface area contributed by atoms with E-state index in [2.05, 4.69) is 32.0 Å². The van der Waals surface area contributed by atoms with Crippen molar-refractivity contribution in [1.29, 1.82) is 0 Å². The third-order valence-corrected chi connectivity index (χ3v) is 4.72. The van der Waals surface area contributed by atoms with Gasteiger partial charge in [-0.05, 0) is 50.3 Å². The number of hydrogen-bond acceptors (Lipinski definition) is 2. The molecule has 1 aliphatic heterocycles. The average molecular weight is 274 g/mol. The van der Waals surface area contributed by atoms with Crippen molar-refractivity contribution in [1.82, 2.24) is 4.90 Å². The molecular weight excluding hydrogens is 248 g/mol. The zero-order valence-corrected chi connectivity index (χ0v) is 13.0. The van der Waals surface area contributed by atoms with Crippen molar-refractivity contribution in [2.45, 2.75) is 52.6 Å². The van der Waals surface area contributed by atoms with Gasteiger partial charge in [0.2, 0.25) is 5.91 Å². The van der Waals surface area contributed by atoms with Crippen LogP contribution >= 0.6 is 0 Å². The van der Waals surface area contributed by atoms with Crippen molar-refractivity contribution in [3.8, 4) is 0 Å². The van der Waals surface area contributed by atoms with Crippen LogP contribution in [0.2, 0.25) is 0 Å². The summed E-state index contributed by atoms with van der Waals surface area (Å²) in [5, 5.41) is 0. The van der Waals surface area contributed by atoms with Crippen molar-refractivity contribution in [3.05, 3.63) is 34.9 Å². The number of hydrogen-bond donors (Lipinski definition) is 1. The van der Waals surface area contributed by atoms with Crippen LogP contribution in [-0.2, 0) is 4.79 Å². The molecule has 1 saturated heterocycles. The number of nitrogens with two attached hydrogens (primary N) is 1. The molecule has 20 heavy (non-hydrogen) atoms. The fourth-order valence-corrected chi connectivity index (χ4v) is 2.98. The Kier molecular flexibility index (Phi) is 4.48. The summed E-state index contributed by atoms with van der Waals surface area (Å²) in [5.41, 5.74) is 9.80. The Morgan fingerprint density at radius 2 is 2.05 bits per heavy atom. The van der Waals surface area contributed by atoms with E-state index in [1.807, 2.05) is 18.7 Å². The van der Waals surface area contributed by atoms with Crippen LogP contribution in [0.25, 0.3) is 0 Å². The highest BCUT2D eigenvalue weighted by atomic mass is 16.2. The molecule has 1 aliphatic rings. The van der Waals surface area contributed by atoms with E-state index in [-0.39, 0.29) is 23.9 Å². The largest absolute Gasteiger partial charge is 0.335 e. The van der Waals surface area contributed by atoms with E-state index in [1.54, 1.807) is 0 Å². The number of benzene rings is 1. The summed E-state index contributed by atoms with van der Waals surface area (Å²) >= 11 is 0. The Labute approximate surface area is 122 Å². The molecule has 3 atom stereocenters. The fraction of sp³-hybridized carbons (Fsp3) is 0.588. The van der Waals surface area contributed by atoms with Crippen LogP contribution in [0, 0.1) is 19.8 Å². The van der Waals surface area contributed by atoms with E-state index >= 15 is 0 Å². The van der Waals surface area contributed by atoms with Crippen molar-refractivity contribution < 1.29 is 4.79 Å². The van der Waals surface area contributed by atoms with Crippen molar-refractivity contribution in [2.24, 2.45) is 11.7 Å². The van der Waals surface area contributed by atoms with Gasteiger partial charge in [0.1, 0.15) is 0 Å². The number of aryl methyl sites for hydroxylation is 1. The molecule has 0 aromatic heterocycles. The molecule has 1 aromatic rings. The topological polar surface area (TPSA) is 46.3 Å². The molecule has 1 amide bonds. The minimum absolute atomic E-state index is 0.0950. The first-order valence-electron chi connectivity index (χ1n) is 7.55. The number of carbonyl (C=O) groups is 1. The summed E-state index contributed by atoms with van der Waals surface area (Å²) < 4.78 is 0. The monoisotopic (exact) mass is 274 g/mol. The Morgan fingerprint density at radius 3 is 2.70 bits per heavy atom. The van der Waals surface area contributed by atoms with Crippen LogP contribution in [-0.4, -0.2) is 23.4 Å². The van der Waals surface area contributed by atoms with Crippen LogP contribution in [0.3, 0.4) is 0 Å². The second-order valence-electron chi connectivity index (χ2n) is 6.13. The first-order valence-corrected chi connectivity index (χ1v) is 7.55. The molecule has 3 unspecified atom stereocenters. The first-order chi connectivity index (χ1) is 9.43.